The first kappa shape index (κ1) is 13.5. The van der Waals surface area contributed by atoms with Gasteiger partial charge < -0.3 is 9.72 Å². The molecule has 0 spiro atoms. The third-order valence-corrected chi connectivity index (χ3v) is 2.68. The van der Waals surface area contributed by atoms with Crippen LogP contribution in [0.25, 0.3) is 11.3 Å². The molecule has 102 valence electrons. The number of ether oxygens (including phenoxy) is 1. The number of benzene rings is 1. The molecule has 20 heavy (non-hydrogen) atoms. The van der Waals surface area contributed by atoms with E-state index in [-0.39, 0.29) is 0 Å². The SMILES string of the molecule is COC(=O)c1cccc(-c2ccc([N+](=O)[O-])c(=O)[nH]2)c1. The fourth-order valence-electron chi connectivity index (χ4n) is 1.71. The first-order valence-corrected chi connectivity index (χ1v) is 5.59. The number of nitrogens with zero attached hydrogens (tertiary/aromatic N) is 1. The number of nitro groups is 1. The second kappa shape index (κ2) is 5.35. The van der Waals surface area contributed by atoms with Crippen LogP contribution in [0.2, 0.25) is 0 Å². The number of methoxy groups -OCH3 is 1. The van der Waals surface area contributed by atoms with Crippen molar-refractivity contribution in [2.24, 2.45) is 0 Å². The highest BCUT2D eigenvalue weighted by Gasteiger charge is 2.13. The minimum atomic E-state index is -0.795. The molecule has 7 heteroatoms. The summed E-state index contributed by atoms with van der Waals surface area (Å²) in [7, 11) is 1.27. The molecule has 0 atom stereocenters. The molecule has 1 aromatic carbocycles. The average molecular weight is 274 g/mol. The Morgan fingerprint density at radius 1 is 1.30 bits per heavy atom. The molecule has 0 radical (unpaired) electrons. The molecule has 0 saturated carbocycles. The second-order valence-corrected chi connectivity index (χ2v) is 3.92. The van der Waals surface area contributed by atoms with Crippen LogP contribution in [0.5, 0.6) is 0 Å². The lowest BCUT2D eigenvalue weighted by Crippen LogP contribution is -2.11. The van der Waals surface area contributed by atoms with Crippen molar-refractivity contribution in [1.82, 2.24) is 4.98 Å². The van der Waals surface area contributed by atoms with Crippen LogP contribution in [-0.4, -0.2) is 23.0 Å². The number of aromatic amines is 1. The monoisotopic (exact) mass is 274 g/mol. The predicted molar refractivity (Wildman–Crippen MR) is 70.5 cm³/mol. The molecule has 0 unspecified atom stereocenters. The average Bonchev–Trinajstić information content (AvgIpc) is 2.46. The summed E-state index contributed by atoms with van der Waals surface area (Å²) in [4.78, 5) is 35.2. The largest absolute Gasteiger partial charge is 0.465 e. The third-order valence-electron chi connectivity index (χ3n) is 2.68. The van der Waals surface area contributed by atoms with Crippen LogP contribution in [-0.2, 0) is 4.74 Å². The van der Waals surface area contributed by atoms with Crippen LogP contribution in [0.3, 0.4) is 0 Å². The maximum Gasteiger partial charge on any atom is 0.337 e. The van der Waals surface area contributed by atoms with Crippen molar-refractivity contribution in [1.29, 1.82) is 0 Å². The summed E-state index contributed by atoms with van der Waals surface area (Å²) in [6.45, 7) is 0. The number of aromatic nitrogens is 1. The minimum Gasteiger partial charge on any atom is -0.465 e. The Morgan fingerprint density at radius 3 is 2.65 bits per heavy atom. The summed E-state index contributed by atoms with van der Waals surface area (Å²) in [6.07, 6.45) is 0. The van der Waals surface area contributed by atoms with Crippen molar-refractivity contribution in [3.8, 4) is 11.3 Å². The Bertz CT molecular complexity index is 736. The lowest BCUT2D eigenvalue weighted by atomic mass is 10.1. The maximum atomic E-state index is 11.5. The number of carbonyl (C=O) groups excluding carboxylic acids is 1. The van der Waals surface area contributed by atoms with Gasteiger partial charge in [0.15, 0.2) is 0 Å². The molecule has 2 rings (SSSR count). The van der Waals surface area contributed by atoms with E-state index in [1.165, 1.54) is 19.2 Å². The fourth-order valence-corrected chi connectivity index (χ4v) is 1.71. The van der Waals surface area contributed by atoms with E-state index in [9.17, 15) is 19.7 Å². The Morgan fingerprint density at radius 2 is 2.05 bits per heavy atom. The van der Waals surface area contributed by atoms with Gasteiger partial charge >= 0.3 is 17.2 Å². The number of pyridine rings is 1. The number of hydrogen-bond acceptors (Lipinski definition) is 5. The van der Waals surface area contributed by atoms with Gasteiger partial charge in [-0.1, -0.05) is 12.1 Å². The van der Waals surface area contributed by atoms with Gasteiger partial charge in [-0.15, -0.1) is 0 Å². The quantitative estimate of drug-likeness (QED) is 0.521. The molecule has 0 aliphatic carbocycles. The van der Waals surface area contributed by atoms with Gasteiger partial charge in [-0.05, 0) is 23.8 Å². The number of hydrogen-bond donors (Lipinski definition) is 1. The molecule has 1 aromatic heterocycles. The van der Waals surface area contributed by atoms with Crippen molar-refractivity contribution in [2.45, 2.75) is 0 Å². The van der Waals surface area contributed by atoms with E-state index in [1.54, 1.807) is 18.2 Å². The van der Waals surface area contributed by atoms with Gasteiger partial charge in [0, 0.05) is 11.8 Å². The summed E-state index contributed by atoms with van der Waals surface area (Å²) in [5.74, 6) is -0.504. The van der Waals surface area contributed by atoms with Crippen LogP contribution < -0.4 is 5.56 Å². The summed E-state index contributed by atoms with van der Waals surface area (Å²) >= 11 is 0. The third kappa shape index (κ3) is 2.56. The van der Waals surface area contributed by atoms with Gasteiger partial charge in [0.05, 0.1) is 17.6 Å². The lowest BCUT2D eigenvalue weighted by Gasteiger charge is -2.04. The fraction of sp³-hybridized carbons (Fsp3) is 0.0769. The van der Waals surface area contributed by atoms with E-state index in [0.717, 1.165) is 6.07 Å². The summed E-state index contributed by atoms with van der Waals surface area (Å²) in [5.41, 5.74) is -0.0655. The normalized spacial score (nSPS) is 10.1. The molecule has 2 aromatic rings. The van der Waals surface area contributed by atoms with Gasteiger partial charge in [-0.3, -0.25) is 14.9 Å². The molecule has 0 aliphatic rings. The van der Waals surface area contributed by atoms with Crippen LogP contribution in [0, 0.1) is 10.1 Å². The van der Waals surface area contributed by atoms with Crippen LogP contribution in [0.1, 0.15) is 10.4 Å². The first-order chi connectivity index (χ1) is 9.52. The Hall–Kier alpha value is -2.96. The Kier molecular flexibility index (Phi) is 3.60. The molecule has 0 saturated heterocycles. The second-order valence-electron chi connectivity index (χ2n) is 3.92. The molecular weight excluding hydrogens is 264 g/mol. The Balaban J connectivity index is 2.47. The van der Waals surface area contributed by atoms with E-state index >= 15 is 0 Å². The van der Waals surface area contributed by atoms with Gasteiger partial charge in [0.1, 0.15) is 0 Å². The molecule has 0 aliphatic heterocycles. The number of nitrogens with one attached hydrogen (secondary N) is 1. The maximum absolute atomic E-state index is 11.5. The van der Waals surface area contributed by atoms with Gasteiger partial charge in [-0.25, -0.2) is 4.79 Å². The summed E-state index contributed by atoms with van der Waals surface area (Å²) in [6, 6.07) is 8.93. The number of esters is 1. The highest BCUT2D eigenvalue weighted by Crippen LogP contribution is 2.19. The number of carbonyl (C=O) groups is 1. The minimum absolute atomic E-state index is 0.323. The van der Waals surface area contributed by atoms with E-state index in [0.29, 0.717) is 16.8 Å². The van der Waals surface area contributed by atoms with Crippen molar-refractivity contribution >= 4 is 11.7 Å². The molecule has 0 bridgehead atoms. The van der Waals surface area contributed by atoms with Crippen molar-refractivity contribution < 1.29 is 14.5 Å². The molecule has 1 heterocycles. The van der Waals surface area contributed by atoms with E-state index in [2.05, 4.69) is 9.72 Å². The highest BCUT2D eigenvalue weighted by atomic mass is 16.6. The van der Waals surface area contributed by atoms with Gasteiger partial charge in [-0.2, -0.15) is 0 Å². The summed E-state index contributed by atoms with van der Waals surface area (Å²) < 4.78 is 4.60. The standard InChI is InChI=1S/C13H10N2O5/c1-20-13(17)9-4-2-3-8(7-9)10-5-6-11(15(18)19)12(16)14-10/h2-7H,1H3,(H,14,16). The van der Waals surface area contributed by atoms with E-state index in [1.807, 2.05) is 0 Å². The topological polar surface area (TPSA) is 102 Å². The lowest BCUT2D eigenvalue weighted by molar-refractivity contribution is -0.386. The zero-order chi connectivity index (χ0) is 14.7. The zero-order valence-corrected chi connectivity index (χ0v) is 10.5. The predicted octanol–water partition coefficient (Wildman–Crippen LogP) is 1.74. The van der Waals surface area contributed by atoms with Crippen LogP contribution >= 0.6 is 0 Å². The molecule has 0 amide bonds. The molecule has 7 nitrogen and oxygen atoms in total. The molecular formula is C13H10N2O5. The van der Waals surface area contributed by atoms with E-state index < -0.39 is 22.1 Å². The van der Waals surface area contributed by atoms with Crippen molar-refractivity contribution in [3.05, 3.63) is 62.4 Å². The Labute approximate surface area is 113 Å². The molecule has 0 fully saturated rings. The first-order valence-electron chi connectivity index (χ1n) is 5.59. The number of H-pyrrole nitrogens is 1. The van der Waals surface area contributed by atoms with Crippen molar-refractivity contribution in [2.75, 3.05) is 7.11 Å². The van der Waals surface area contributed by atoms with Crippen LogP contribution in [0.15, 0.2) is 41.2 Å². The van der Waals surface area contributed by atoms with Gasteiger partial charge in [0.2, 0.25) is 0 Å². The summed E-state index contributed by atoms with van der Waals surface area (Å²) in [5, 5.41) is 10.6. The van der Waals surface area contributed by atoms with Crippen LogP contribution in [0.4, 0.5) is 5.69 Å². The van der Waals surface area contributed by atoms with E-state index in [4.69, 9.17) is 0 Å². The van der Waals surface area contributed by atoms with Crippen molar-refractivity contribution in [3.63, 3.8) is 0 Å². The smallest absolute Gasteiger partial charge is 0.337 e. The highest BCUT2D eigenvalue weighted by molar-refractivity contribution is 5.90. The molecule has 1 N–H and O–H groups in total. The van der Waals surface area contributed by atoms with Gasteiger partial charge in [0.25, 0.3) is 0 Å². The zero-order valence-electron chi connectivity index (χ0n) is 10.5. The number of rotatable bonds is 3.